The number of hydrogen-bond acceptors (Lipinski definition) is 6. The van der Waals surface area contributed by atoms with Crippen LogP contribution in [0.1, 0.15) is 15.4 Å². The number of phenols is 1. The number of carbonyl (C=O) groups is 1. The molecule has 1 aliphatic rings. The molecule has 0 saturated carbocycles. The highest BCUT2D eigenvalue weighted by Gasteiger charge is 2.21. The summed E-state index contributed by atoms with van der Waals surface area (Å²) < 4.78 is 0. The van der Waals surface area contributed by atoms with E-state index in [2.05, 4.69) is 30.4 Å². The summed E-state index contributed by atoms with van der Waals surface area (Å²) in [5, 5.41) is 16.2. The average molecular weight is 530 g/mol. The first-order chi connectivity index (χ1) is 13.6. The molecule has 8 nitrogen and oxygen atoms in total. The maximum atomic E-state index is 12.1. The van der Waals surface area contributed by atoms with E-state index in [4.69, 9.17) is 0 Å². The van der Waals surface area contributed by atoms with Gasteiger partial charge in [0.05, 0.1) is 16.9 Å². The van der Waals surface area contributed by atoms with Gasteiger partial charge in [-0.1, -0.05) is 12.1 Å². The van der Waals surface area contributed by atoms with Crippen molar-refractivity contribution < 1.29 is 9.90 Å². The molecule has 1 aliphatic heterocycles. The monoisotopic (exact) mass is 530 g/mol. The van der Waals surface area contributed by atoms with E-state index in [-0.39, 0.29) is 29.9 Å². The number of guanidine groups is 1. The summed E-state index contributed by atoms with van der Waals surface area (Å²) in [4.78, 5) is 25.6. The van der Waals surface area contributed by atoms with Crippen LogP contribution in [0.2, 0.25) is 0 Å². The quantitative estimate of drug-likeness (QED) is 0.237. The molecule has 3 rings (SSSR count). The van der Waals surface area contributed by atoms with E-state index in [0.717, 1.165) is 43.5 Å². The first-order valence-electron chi connectivity index (χ1n) is 9.27. The normalized spacial score (nSPS) is 14.3. The Labute approximate surface area is 192 Å². The molecule has 158 valence electrons. The van der Waals surface area contributed by atoms with Crippen LogP contribution in [0.3, 0.4) is 0 Å². The second-order valence-corrected chi connectivity index (χ2v) is 7.31. The summed E-state index contributed by atoms with van der Waals surface area (Å²) in [5.74, 6) is 1.04. The third-order valence-corrected chi connectivity index (χ3v) is 5.59. The molecule has 1 aromatic heterocycles. The molecule has 0 bridgehead atoms. The molecule has 10 heteroatoms. The van der Waals surface area contributed by atoms with E-state index in [9.17, 15) is 9.90 Å². The second kappa shape index (κ2) is 11.2. The third kappa shape index (κ3) is 5.95. The van der Waals surface area contributed by atoms with Gasteiger partial charge in [0, 0.05) is 46.3 Å². The zero-order chi connectivity index (χ0) is 19.9. The van der Waals surface area contributed by atoms with Crippen molar-refractivity contribution in [2.24, 2.45) is 4.99 Å². The fourth-order valence-electron chi connectivity index (χ4n) is 3.17. The summed E-state index contributed by atoms with van der Waals surface area (Å²) in [6.45, 7) is 6.16. The standard InChI is InChI=1S/C19H26N6O2S.HI/c1-14-17(28-13-23-14)18(27)21-7-8-22-19(20-2)25-11-9-24(10-12-25)15-5-3-4-6-16(15)26;/h3-6,13,26H,7-12H2,1-2H3,(H,20,22)(H,21,27);1H. The summed E-state index contributed by atoms with van der Waals surface area (Å²) in [6, 6.07) is 7.41. The Morgan fingerprint density at radius 3 is 2.52 bits per heavy atom. The SMILES string of the molecule is CN=C(NCCNC(=O)c1scnc1C)N1CCN(c2ccccc2O)CC1.I. The first-order valence-corrected chi connectivity index (χ1v) is 10.1. The number of halogens is 1. The number of rotatable bonds is 5. The lowest BCUT2D eigenvalue weighted by atomic mass is 10.2. The van der Waals surface area contributed by atoms with Crippen molar-refractivity contribution in [1.82, 2.24) is 20.5 Å². The van der Waals surface area contributed by atoms with Crippen LogP contribution in [0, 0.1) is 6.92 Å². The number of piperazine rings is 1. The van der Waals surface area contributed by atoms with Crippen molar-refractivity contribution in [3.8, 4) is 5.75 Å². The number of aryl methyl sites for hydroxylation is 1. The lowest BCUT2D eigenvalue weighted by molar-refractivity contribution is 0.0957. The maximum absolute atomic E-state index is 12.1. The van der Waals surface area contributed by atoms with E-state index in [1.165, 1.54) is 11.3 Å². The molecule has 3 N–H and O–H groups in total. The van der Waals surface area contributed by atoms with Gasteiger partial charge in [-0.2, -0.15) is 0 Å². The number of para-hydroxylation sites is 2. The molecule has 29 heavy (non-hydrogen) atoms. The number of nitrogens with one attached hydrogen (secondary N) is 2. The fraction of sp³-hybridized carbons (Fsp3) is 0.421. The van der Waals surface area contributed by atoms with Crippen LogP contribution in [0.4, 0.5) is 5.69 Å². The van der Waals surface area contributed by atoms with Gasteiger partial charge in [-0.05, 0) is 19.1 Å². The van der Waals surface area contributed by atoms with Crippen LogP contribution in [0.25, 0.3) is 0 Å². The molecule has 1 saturated heterocycles. The van der Waals surface area contributed by atoms with Crippen molar-refractivity contribution in [3.05, 3.63) is 40.3 Å². The summed E-state index contributed by atoms with van der Waals surface area (Å²) in [6.07, 6.45) is 0. The zero-order valence-electron chi connectivity index (χ0n) is 16.6. The average Bonchev–Trinajstić information content (AvgIpc) is 3.15. The van der Waals surface area contributed by atoms with Gasteiger partial charge in [-0.25, -0.2) is 4.98 Å². The molecular formula is C19H27IN6O2S. The number of nitrogens with zero attached hydrogens (tertiary/aromatic N) is 4. The minimum Gasteiger partial charge on any atom is -0.506 e. The van der Waals surface area contributed by atoms with Crippen molar-refractivity contribution in [2.45, 2.75) is 6.92 Å². The van der Waals surface area contributed by atoms with Gasteiger partial charge in [0.2, 0.25) is 0 Å². The maximum Gasteiger partial charge on any atom is 0.263 e. The number of hydrogen-bond donors (Lipinski definition) is 3. The minimum absolute atomic E-state index is 0. The van der Waals surface area contributed by atoms with E-state index in [0.29, 0.717) is 23.7 Å². The molecule has 0 atom stereocenters. The van der Waals surface area contributed by atoms with Crippen LogP contribution in [-0.4, -0.2) is 73.2 Å². The number of anilines is 1. The van der Waals surface area contributed by atoms with Crippen molar-refractivity contribution >= 4 is 52.9 Å². The van der Waals surface area contributed by atoms with Crippen molar-refractivity contribution in [2.75, 3.05) is 51.2 Å². The summed E-state index contributed by atoms with van der Waals surface area (Å²) in [5.41, 5.74) is 3.30. The predicted octanol–water partition coefficient (Wildman–Crippen LogP) is 1.90. The van der Waals surface area contributed by atoms with E-state index >= 15 is 0 Å². The summed E-state index contributed by atoms with van der Waals surface area (Å²) in [7, 11) is 1.76. The Hall–Kier alpha value is -2.08. The number of aromatic hydroxyl groups is 1. The third-order valence-electron chi connectivity index (χ3n) is 4.66. The smallest absolute Gasteiger partial charge is 0.263 e. The fourth-order valence-corrected chi connectivity index (χ4v) is 3.89. The zero-order valence-corrected chi connectivity index (χ0v) is 19.7. The predicted molar refractivity (Wildman–Crippen MR) is 128 cm³/mol. The Morgan fingerprint density at radius 1 is 1.21 bits per heavy atom. The molecule has 1 amide bonds. The molecule has 2 aromatic rings. The molecule has 0 unspecified atom stereocenters. The number of phenolic OH excluding ortho intramolecular Hbond substituents is 1. The highest BCUT2D eigenvalue weighted by Crippen LogP contribution is 2.27. The van der Waals surface area contributed by atoms with Gasteiger partial charge < -0.3 is 25.5 Å². The molecule has 0 radical (unpaired) electrons. The van der Waals surface area contributed by atoms with Crippen molar-refractivity contribution in [3.63, 3.8) is 0 Å². The van der Waals surface area contributed by atoms with Crippen LogP contribution in [0.15, 0.2) is 34.8 Å². The number of amides is 1. The van der Waals surface area contributed by atoms with Crippen LogP contribution >= 0.6 is 35.3 Å². The van der Waals surface area contributed by atoms with Crippen molar-refractivity contribution in [1.29, 1.82) is 0 Å². The van der Waals surface area contributed by atoms with Gasteiger partial charge >= 0.3 is 0 Å². The number of carbonyl (C=O) groups excluding carboxylic acids is 1. The second-order valence-electron chi connectivity index (χ2n) is 6.46. The molecule has 2 heterocycles. The lowest BCUT2D eigenvalue weighted by Gasteiger charge is -2.37. The highest BCUT2D eigenvalue weighted by molar-refractivity contribution is 14.0. The van der Waals surface area contributed by atoms with E-state index < -0.39 is 0 Å². The molecule has 0 spiro atoms. The number of aliphatic imine (C=N–C) groups is 1. The topological polar surface area (TPSA) is 93.1 Å². The Morgan fingerprint density at radius 2 is 1.90 bits per heavy atom. The van der Waals surface area contributed by atoms with Gasteiger partial charge in [0.1, 0.15) is 10.6 Å². The van der Waals surface area contributed by atoms with E-state index in [1.54, 1.807) is 18.6 Å². The van der Waals surface area contributed by atoms with Crippen LogP contribution < -0.4 is 15.5 Å². The minimum atomic E-state index is -0.0897. The number of aromatic nitrogens is 1. The Balaban J connectivity index is 0.00000300. The molecule has 1 fully saturated rings. The van der Waals surface area contributed by atoms with Crippen LogP contribution in [0.5, 0.6) is 5.75 Å². The lowest BCUT2D eigenvalue weighted by Crippen LogP contribution is -2.53. The number of benzene rings is 1. The van der Waals surface area contributed by atoms with Crippen LogP contribution in [-0.2, 0) is 0 Å². The van der Waals surface area contributed by atoms with Gasteiger partial charge in [0.15, 0.2) is 5.96 Å². The van der Waals surface area contributed by atoms with Gasteiger partial charge in [-0.15, -0.1) is 35.3 Å². The molecule has 0 aliphatic carbocycles. The van der Waals surface area contributed by atoms with Gasteiger partial charge in [0.25, 0.3) is 5.91 Å². The first kappa shape index (κ1) is 23.2. The van der Waals surface area contributed by atoms with Gasteiger partial charge in [-0.3, -0.25) is 9.79 Å². The largest absolute Gasteiger partial charge is 0.506 e. The Bertz CT molecular complexity index is 836. The molecular weight excluding hydrogens is 503 g/mol. The number of thiazole rings is 1. The summed E-state index contributed by atoms with van der Waals surface area (Å²) >= 11 is 1.35. The molecule has 1 aromatic carbocycles. The van der Waals surface area contributed by atoms with E-state index in [1.807, 2.05) is 25.1 Å². The Kier molecular flexibility index (Phi) is 8.96. The highest BCUT2D eigenvalue weighted by atomic mass is 127.